The average molecular weight is 805 g/mol. The van der Waals surface area contributed by atoms with E-state index in [1.807, 2.05) is 55.4 Å². The van der Waals surface area contributed by atoms with Crippen molar-refractivity contribution in [2.45, 2.75) is 0 Å². The summed E-state index contributed by atoms with van der Waals surface area (Å²) in [6.45, 7) is 0. The molecule has 0 aliphatic heterocycles. The highest BCUT2D eigenvalue weighted by atomic mass is 15.0. The molecule has 6 heteroatoms. The van der Waals surface area contributed by atoms with Crippen molar-refractivity contribution in [1.29, 1.82) is 0 Å². The molecule has 0 aliphatic carbocycles. The van der Waals surface area contributed by atoms with Gasteiger partial charge in [0.05, 0.1) is 33.1 Å². The minimum Gasteiger partial charge on any atom is -0.308 e. The molecule has 294 valence electrons. The average Bonchev–Trinajstić information content (AvgIpc) is 4.00. The van der Waals surface area contributed by atoms with Crippen molar-refractivity contribution in [1.82, 2.24) is 28.7 Å². The summed E-state index contributed by atoms with van der Waals surface area (Å²) in [4.78, 5) is 13.6. The molecule has 7 aromatic carbocycles. The van der Waals surface area contributed by atoms with Gasteiger partial charge in [-0.2, -0.15) is 0 Å². The Bertz CT molecular complexity index is 3420. The minimum absolute atomic E-state index is 1.07. The number of para-hydroxylation sites is 3. The van der Waals surface area contributed by atoms with Crippen molar-refractivity contribution in [2.24, 2.45) is 0 Å². The lowest BCUT2D eigenvalue weighted by molar-refractivity contribution is 1.17. The molecule has 63 heavy (non-hydrogen) atoms. The topological polar surface area (TPSA) is 53.5 Å². The van der Waals surface area contributed by atoms with Crippen LogP contribution in [0.15, 0.2) is 219 Å². The zero-order valence-corrected chi connectivity index (χ0v) is 34.0. The molecule has 0 bridgehead atoms. The third-order valence-corrected chi connectivity index (χ3v) is 12.6. The second-order valence-corrected chi connectivity index (χ2v) is 16.1. The van der Waals surface area contributed by atoms with Crippen molar-refractivity contribution >= 4 is 65.4 Å². The van der Waals surface area contributed by atoms with E-state index in [2.05, 4.69) is 192 Å². The number of benzene rings is 7. The maximum Gasteiger partial charge on any atom is 0.0663 e. The van der Waals surface area contributed by atoms with Crippen LogP contribution in [0.1, 0.15) is 0 Å². The molecule has 0 N–H and O–H groups in total. The molecule has 0 amide bonds. The molecule has 0 atom stereocenters. The highest BCUT2D eigenvalue weighted by Crippen LogP contribution is 2.51. The lowest BCUT2D eigenvalue weighted by atomic mass is 9.98. The van der Waals surface area contributed by atoms with Gasteiger partial charge in [-0.05, 0) is 108 Å². The second kappa shape index (κ2) is 14.0. The Labute approximate surface area is 362 Å². The predicted octanol–water partition coefficient (Wildman–Crippen LogP) is 14.2. The first-order valence-corrected chi connectivity index (χ1v) is 21.2. The zero-order chi connectivity index (χ0) is 41.4. The lowest BCUT2D eigenvalue weighted by Crippen LogP contribution is -1.97. The Morgan fingerprint density at radius 3 is 0.841 bits per heavy atom. The number of aromatic nitrogens is 6. The van der Waals surface area contributed by atoms with Crippen LogP contribution in [0.25, 0.3) is 116 Å². The van der Waals surface area contributed by atoms with Crippen LogP contribution in [0.5, 0.6) is 0 Å². The van der Waals surface area contributed by atoms with Gasteiger partial charge in [0.1, 0.15) is 0 Å². The van der Waals surface area contributed by atoms with Crippen molar-refractivity contribution in [2.75, 3.05) is 0 Å². The van der Waals surface area contributed by atoms with Gasteiger partial charge in [-0.1, -0.05) is 91.0 Å². The van der Waals surface area contributed by atoms with E-state index in [1.54, 1.807) is 0 Å². The maximum atomic E-state index is 4.54. The summed E-state index contributed by atoms with van der Waals surface area (Å²) in [7, 11) is 0. The molecule has 0 spiro atoms. The molecule has 0 saturated heterocycles. The summed E-state index contributed by atoms with van der Waals surface area (Å²) >= 11 is 0. The zero-order valence-electron chi connectivity index (χ0n) is 34.0. The molecule has 6 aromatic heterocycles. The molecule has 13 rings (SSSR count). The fourth-order valence-corrected chi connectivity index (χ4v) is 9.98. The first kappa shape index (κ1) is 35.2. The second-order valence-electron chi connectivity index (χ2n) is 16.1. The van der Waals surface area contributed by atoms with E-state index in [4.69, 9.17) is 0 Å². The van der Waals surface area contributed by atoms with E-state index in [-0.39, 0.29) is 0 Å². The SMILES string of the molecule is c1ccc(-n2c3ccc(-c4cccnc4)cc3c3c2c2c4cc(-c5cccnc5)ccc4n(-c4ccccc4)c2c2c4cc(-c5cccnc5)ccc4n(-c4ccccc4)c32)cc1. The summed E-state index contributed by atoms with van der Waals surface area (Å²) < 4.78 is 7.50. The van der Waals surface area contributed by atoms with E-state index in [9.17, 15) is 0 Å². The first-order chi connectivity index (χ1) is 31.3. The number of hydrogen-bond donors (Lipinski definition) is 0. The molecule has 0 fully saturated rings. The Balaban J connectivity index is 1.36. The number of hydrogen-bond acceptors (Lipinski definition) is 3. The van der Waals surface area contributed by atoms with Gasteiger partial charge >= 0.3 is 0 Å². The van der Waals surface area contributed by atoms with E-state index < -0.39 is 0 Å². The van der Waals surface area contributed by atoms with E-state index in [0.29, 0.717) is 0 Å². The van der Waals surface area contributed by atoms with E-state index >= 15 is 0 Å². The fourth-order valence-electron chi connectivity index (χ4n) is 9.98. The Morgan fingerprint density at radius 1 is 0.270 bits per heavy atom. The Hall–Kier alpha value is -8.61. The summed E-state index contributed by atoms with van der Waals surface area (Å²) in [6, 6.07) is 65.8. The van der Waals surface area contributed by atoms with Gasteiger partial charge in [-0.25, -0.2) is 0 Å². The van der Waals surface area contributed by atoms with Crippen molar-refractivity contribution in [3.05, 3.63) is 219 Å². The van der Waals surface area contributed by atoms with Crippen molar-refractivity contribution in [3.63, 3.8) is 0 Å². The molecule has 0 unspecified atom stereocenters. The predicted molar refractivity (Wildman–Crippen MR) is 259 cm³/mol. The smallest absolute Gasteiger partial charge is 0.0663 e. The van der Waals surface area contributed by atoms with Crippen LogP contribution in [0.2, 0.25) is 0 Å². The van der Waals surface area contributed by atoms with Gasteiger partial charge in [0.25, 0.3) is 0 Å². The van der Waals surface area contributed by atoms with Crippen LogP contribution in [0.4, 0.5) is 0 Å². The third-order valence-electron chi connectivity index (χ3n) is 12.6. The van der Waals surface area contributed by atoms with Gasteiger partial charge in [-0.15, -0.1) is 0 Å². The highest BCUT2D eigenvalue weighted by molar-refractivity contribution is 6.40. The van der Waals surface area contributed by atoms with Crippen LogP contribution in [-0.4, -0.2) is 28.7 Å². The summed E-state index contributed by atoms with van der Waals surface area (Å²) in [5, 5.41) is 7.05. The number of nitrogens with zero attached hydrogens (tertiary/aromatic N) is 6. The lowest BCUT2D eigenvalue weighted by Gasteiger charge is -2.13. The standard InChI is InChI=1S/C57H36N6/c1-4-16-43(17-5-1)61-49-25-22-37(40-13-10-28-58-34-40)31-46(49)52-55(61)53-47-32-38(41-14-11-29-59-35-41)23-26-50(47)62(44-18-6-2-7-19-44)57(53)54-48-33-39(42-15-12-30-60-36-42)24-27-51(48)63(56(52)54)45-20-8-3-9-21-45/h1-36H. The maximum absolute atomic E-state index is 4.54. The Kier molecular flexibility index (Phi) is 7.80. The van der Waals surface area contributed by atoms with Crippen LogP contribution in [0, 0.1) is 0 Å². The molecule has 13 aromatic rings. The largest absolute Gasteiger partial charge is 0.308 e. The van der Waals surface area contributed by atoms with Crippen LogP contribution in [-0.2, 0) is 0 Å². The summed E-state index contributed by atoms with van der Waals surface area (Å²) in [6.07, 6.45) is 11.4. The molecular weight excluding hydrogens is 769 g/mol. The van der Waals surface area contributed by atoms with Gasteiger partial charge in [-0.3, -0.25) is 15.0 Å². The Morgan fingerprint density at radius 2 is 0.571 bits per heavy atom. The quantitative estimate of drug-likeness (QED) is 0.168. The van der Waals surface area contributed by atoms with Gasteiger partial charge < -0.3 is 13.7 Å². The third kappa shape index (κ3) is 5.35. The fraction of sp³-hybridized carbons (Fsp3) is 0. The molecule has 0 aliphatic rings. The minimum atomic E-state index is 1.07. The number of pyridine rings is 3. The van der Waals surface area contributed by atoms with Crippen LogP contribution < -0.4 is 0 Å². The summed E-state index contributed by atoms with van der Waals surface area (Å²) in [5.41, 5.74) is 16.7. The van der Waals surface area contributed by atoms with Crippen LogP contribution in [0.3, 0.4) is 0 Å². The van der Waals surface area contributed by atoms with Gasteiger partial charge in [0.15, 0.2) is 0 Å². The molecule has 6 heterocycles. The number of rotatable bonds is 6. The molecule has 0 radical (unpaired) electrons. The van der Waals surface area contributed by atoms with E-state index in [0.717, 1.165) is 83.5 Å². The molecule has 0 saturated carbocycles. The highest BCUT2D eigenvalue weighted by Gasteiger charge is 2.29. The molecule has 6 nitrogen and oxygen atoms in total. The van der Waals surface area contributed by atoms with E-state index in [1.165, 1.54) is 32.3 Å². The first-order valence-electron chi connectivity index (χ1n) is 21.2. The summed E-state index contributed by atoms with van der Waals surface area (Å²) in [5.74, 6) is 0. The van der Waals surface area contributed by atoms with Gasteiger partial charge in [0, 0.05) is 103 Å². The number of fused-ring (bicyclic) bond motifs is 12. The van der Waals surface area contributed by atoms with Crippen LogP contribution >= 0.6 is 0 Å². The normalized spacial score (nSPS) is 11.8. The monoisotopic (exact) mass is 804 g/mol. The van der Waals surface area contributed by atoms with Crippen molar-refractivity contribution in [3.8, 4) is 50.4 Å². The van der Waals surface area contributed by atoms with Gasteiger partial charge in [0.2, 0.25) is 0 Å². The molecular formula is C57H36N6. The van der Waals surface area contributed by atoms with Crippen molar-refractivity contribution < 1.29 is 0 Å².